The molecule has 5 heteroatoms. The first-order chi connectivity index (χ1) is 9.36. The Hall–Kier alpha value is -0.550. The normalized spacial score (nSPS) is 25.4. The van der Waals surface area contributed by atoms with Gasteiger partial charge in [-0.3, -0.25) is 0 Å². The third kappa shape index (κ3) is 4.22. The molecule has 0 spiro atoms. The van der Waals surface area contributed by atoms with Crippen LogP contribution in [-0.4, -0.2) is 12.2 Å². The van der Waals surface area contributed by atoms with Gasteiger partial charge < -0.3 is 5.32 Å². The van der Waals surface area contributed by atoms with Crippen LogP contribution in [0.15, 0.2) is 28.7 Å². The highest BCUT2D eigenvalue weighted by Crippen LogP contribution is 2.37. The van der Waals surface area contributed by atoms with Crippen molar-refractivity contribution < 1.29 is 13.2 Å². The molecular formula is C15H19BrF3N. The molecule has 1 atom stereocenters. The molecule has 0 amide bonds. The third-order valence-electron chi connectivity index (χ3n) is 4.02. The fraction of sp³-hybridized carbons (Fsp3) is 0.600. The lowest BCUT2D eigenvalue weighted by molar-refractivity contribution is -0.182. The number of benzene rings is 1. The van der Waals surface area contributed by atoms with Crippen molar-refractivity contribution in [2.75, 3.05) is 0 Å². The van der Waals surface area contributed by atoms with Gasteiger partial charge in [0.15, 0.2) is 0 Å². The maximum atomic E-state index is 12.6. The zero-order valence-corrected chi connectivity index (χ0v) is 13.0. The summed E-state index contributed by atoms with van der Waals surface area (Å²) >= 11 is 3.43. The van der Waals surface area contributed by atoms with Gasteiger partial charge in [-0.15, -0.1) is 0 Å². The molecule has 1 fully saturated rings. The maximum Gasteiger partial charge on any atom is 0.391 e. The molecule has 0 unspecified atom stereocenters. The number of hydrogen-bond acceptors (Lipinski definition) is 1. The van der Waals surface area contributed by atoms with E-state index in [0.717, 1.165) is 10.0 Å². The second kappa shape index (κ2) is 6.48. The summed E-state index contributed by atoms with van der Waals surface area (Å²) in [5.41, 5.74) is 1.15. The van der Waals surface area contributed by atoms with Crippen LogP contribution in [0.4, 0.5) is 13.2 Å². The van der Waals surface area contributed by atoms with E-state index in [9.17, 15) is 13.2 Å². The summed E-state index contributed by atoms with van der Waals surface area (Å²) in [7, 11) is 0. The molecule has 1 aromatic rings. The van der Waals surface area contributed by atoms with Crippen LogP contribution in [0, 0.1) is 5.92 Å². The van der Waals surface area contributed by atoms with Crippen molar-refractivity contribution in [1.82, 2.24) is 5.32 Å². The highest BCUT2D eigenvalue weighted by Gasteiger charge is 2.41. The van der Waals surface area contributed by atoms with Gasteiger partial charge in [-0.05, 0) is 50.3 Å². The van der Waals surface area contributed by atoms with Gasteiger partial charge in [0, 0.05) is 16.6 Å². The Morgan fingerprint density at radius 1 is 1.20 bits per heavy atom. The summed E-state index contributed by atoms with van der Waals surface area (Å²) in [6.45, 7) is 2.05. The molecule has 0 aromatic heterocycles. The van der Waals surface area contributed by atoms with E-state index in [4.69, 9.17) is 0 Å². The van der Waals surface area contributed by atoms with E-state index in [0.29, 0.717) is 12.8 Å². The number of halogens is 4. The van der Waals surface area contributed by atoms with Gasteiger partial charge in [-0.2, -0.15) is 13.2 Å². The van der Waals surface area contributed by atoms with E-state index in [1.165, 1.54) is 0 Å². The third-order valence-corrected chi connectivity index (χ3v) is 4.52. The Balaban J connectivity index is 1.86. The quantitative estimate of drug-likeness (QED) is 0.788. The van der Waals surface area contributed by atoms with Gasteiger partial charge >= 0.3 is 6.18 Å². The largest absolute Gasteiger partial charge is 0.391 e. The van der Waals surface area contributed by atoms with E-state index < -0.39 is 12.1 Å². The highest BCUT2D eigenvalue weighted by molar-refractivity contribution is 9.10. The fourth-order valence-electron chi connectivity index (χ4n) is 2.81. The van der Waals surface area contributed by atoms with Gasteiger partial charge in [-0.1, -0.05) is 28.1 Å². The van der Waals surface area contributed by atoms with E-state index in [2.05, 4.69) is 28.2 Å². The number of hydrogen-bond donors (Lipinski definition) is 1. The molecule has 0 saturated heterocycles. The van der Waals surface area contributed by atoms with Crippen LogP contribution in [0.5, 0.6) is 0 Å². The topological polar surface area (TPSA) is 12.0 Å². The summed E-state index contributed by atoms with van der Waals surface area (Å²) in [5, 5.41) is 3.45. The van der Waals surface area contributed by atoms with Gasteiger partial charge in [-0.25, -0.2) is 0 Å². The number of alkyl halides is 3. The molecule has 20 heavy (non-hydrogen) atoms. The summed E-state index contributed by atoms with van der Waals surface area (Å²) in [5.74, 6) is -1.11. The van der Waals surface area contributed by atoms with Crippen molar-refractivity contribution in [3.63, 3.8) is 0 Å². The summed E-state index contributed by atoms with van der Waals surface area (Å²) in [6.07, 6.45) is -2.34. The van der Waals surface area contributed by atoms with E-state index >= 15 is 0 Å². The Morgan fingerprint density at radius 2 is 1.85 bits per heavy atom. The van der Waals surface area contributed by atoms with E-state index in [-0.39, 0.29) is 24.9 Å². The van der Waals surface area contributed by atoms with Gasteiger partial charge in [0.25, 0.3) is 0 Å². The maximum absolute atomic E-state index is 12.6. The molecule has 0 bridgehead atoms. The minimum Gasteiger partial charge on any atom is -0.307 e. The first-order valence-corrected chi connectivity index (χ1v) is 7.74. The average molecular weight is 350 g/mol. The zero-order chi connectivity index (χ0) is 14.8. The van der Waals surface area contributed by atoms with Crippen LogP contribution in [0.3, 0.4) is 0 Å². The average Bonchev–Trinajstić information content (AvgIpc) is 2.38. The Bertz CT molecular complexity index is 439. The molecule has 0 radical (unpaired) electrons. The van der Waals surface area contributed by atoms with Crippen LogP contribution >= 0.6 is 15.9 Å². The Labute approximate surface area is 126 Å². The monoisotopic (exact) mass is 349 g/mol. The molecule has 1 N–H and O–H groups in total. The second-order valence-electron chi connectivity index (χ2n) is 5.53. The van der Waals surface area contributed by atoms with E-state index in [1.54, 1.807) is 0 Å². The molecule has 2 rings (SSSR count). The number of rotatable bonds is 3. The van der Waals surface area contributed by atoms with Crippen molar-refractivity contribution >= 4 is 15.9 Å². The molecule has 1 saturated carbocycles. The van der Waals surface area contributed by atoms with Crippen molar-refractivity contribution in [2.45, 2.75) is 50.9 Å². The minimum absolute atomic E-state index is 0.153. The molecule has 1 aliphatic carbocycles. The second-order valence-corrected chi connectivity index (χ2v) is 6.45. The SMILES string of the molecule is C[C@H](NC1CCC(C(F)(F)F)CC1)c1cccc(Br)c1. The first-order valence-electron chi connectivity index (χ1n) is 6.94. The molecule has 1 aromatic carbocycles. The smallest absolute Gasteiger partial charge is 0.307 e. The van der Waals surface area contributed by atoms with Crippen LogP contribution in [0.25, 0.3) is 0 Å². The Morgan fingerprint density at radius 3 is 2.40 bits per heavy atom. The zero-order valence-electron chi connectivity index (χ0n) is 11.4. The molecule has 0 aliphatic heterocycles. The fourth-order valence-corrected chi connectivity index (χ4v) is 3.23. The summed E-state index contributed by atoms with van der Waals surface area (Å²) < 4.78 is 38.9. The number of nitrogens with one attached hydrogen (secondary N) is 1. The summed E-state index contributed by atoms with van der Waals surface area (Å²) in [4.78, 5) is 0. The molecule has 1 aliphatic rings. The van der Waals surface area contributed by atoms with Crippen LogP contribution in [0.1, 0.15) is 44.2 Å². The first kappa shape index (κ1) is 15.8. The predicted octanol–water partition coefficient (Wildman–Crippen LogP) is 5.22. The highest BCUT2D eigenvalue weighted by atomic mass is 79.9. The van der Waals surface area contributed by atoms with Crippen molar-refractivity contribution in [2.24, 2.45) is 5.92 Å². The van der Waals surface area contributed by atoms with Crippen molar-refractivity contribution in [3.8, 4) is 0 Å². The van der Waals surface area contributed by atoms with E-state index in [1.807, 2.05) is 24.3 Å². The van der Waals surface area contributed by atoms with Crippen LogP contribution in [-0.2, 0) is 0 Å². The molecule has 0 heterocycles. The molecule has 1 nitrogen and oxygen atoms in total. The van der Waals surface area contributed by atoms with Crippen molar-refractivity contribution in [3.05, 3.63) is 34.3 Å². The van der Waals surface area contributed by atoms with Crippen molar-refractivity contribution in [1.29, 1.82) is 0 Å². The Kier molecular flexibility index (Phi) is 5.13. The van der Waals surface area contributed by atoms with Crippen LogP contribution in [0.2, 0.25) is 0 Å². The lowest BCUT2D eigenvalue weighted by atomic mass is 9.85. The predicted molar refractivity (Wildman–Crippen MR) is 77.5 cm³/mol. The lowest BCUT2D eigenvalue weighted by Gasteiger charge is -2.32. The van der Waals surface area contributed by atoms with Gasteiger partial charge in [0.1, 0.15) is 0 Å². The summed E-state index contributed by atoms with van der Waals surface area (Å²) in [6, 6.07) is 8.34. The minimum atomic E-state index is -4.03. The van der Waals surface area contributed by atoms with Crippen LogP contribution < -0.4 is 5.32 Å². The lowest BCUT2D eigenvalue weighted by Crippen LogP contribution is -2.38. The standard InChI is InChI=1S/C15H19BrF3N/c1-10(11-3-2-4-13(16)9-11)20-14-7-5-12(6-8-14)15(17,18)19/h2-4,9-10,12,14,20H,5-8H2,1H3/t10-,12?,14?/m0/s1. The van der Waals surface area contributed by atoms with Gasteiger partial charge in [0.2, 0.25) is 0 Å². The molecular weight excluding hydrogens is 331 g/mol. The van der Waals surface area contributed by atoms with Gasteiger partial charge in [0.05, 0.1) is 5.92 Å². The molecule has 112 valence electrons.